The van der Waals surface area contributed by atoms with E-state index in [4.69, 9.17) is 27.9 Å². The first-order valence-electron chi connectivity index (χ1n) is 11.8. The molecule has 3 aromatic carbocycles. The minimum absolute atomic E-state index is 0.0112. The van der Waals surface area contributed by atoms with Crippen LogP contribution in [0.1, 0.15) is 19.4 Å². The molecule has 0 fully saturated rings. The molecule has 0 radical (unpaired) electrons. The van der Waals surface area contributed by atoms with Gasteiger partial charge >= 0.3 is 0 Å². The molecule has 0 aromatic heterocycles. The SMILES string of the molecule is CCNC(=O)[C@H](C)N(Cc1ccccc1Cl)C(=O)CN(c1cc(Cl)ccc1OC)S(=O)(=O)c1ccccc1. The first-order valence-corrected chi connectivity index (χ1v) is 14.0. The third-order valence-electron chi connectivity index (χ3n) is 5.84. The van der Waals surface area contributed by atoms with Crippen molar-refractivity contribution in [1.82, 2.24) is 10.2 Å². The second-order valence-corrected chi connectivity index (χ2v) is 11.0. The summed E-state index contributed by atoms with van der Waals surface area (Å²) in [6.45, 7) is 3.08. The minimum Gasteiger partial charge on any atom is -0.495 e. The number of nitrogens with zero attached hydrogens (tertiary/aromatic N) is 2. The van der Waals surface area contributed by atoms with E-state index in [9.17, 15) is 18.0 Å². The monoisotopic (exact) mass is 577 g/mol. The summed E-state index contributed by atoms with van der Waals surface area (Å²) in [5, 5.41) is 3.38. The van der Waals surface area contributed by atoms with E-state index in [1.165, 1.54) is 36.3 Å². The lowest BCUT2D eigenvalue weighted by Crippen LogP contribution is -2.51. The van der Waals surface area contributed by atoms with Crippen molar-refractivity contribution in [3.63, 3.8) is 0 Å². The Morgan fingerprint density at radius 1 is 1.00 bits per heavy atom. The number of hydrogen-bond donors (Lipinski definition) is 1. The van der Waals surface area contributed by atoms with Crippen LogP contribution in [-0.2, 0) is 26.2 Å². The summed E-state index contributed by atoms with van der Waals surface area (Å²) in [7, 11) is -2.86. The van der Waals surface area contributed by atoms with Crippen molar-refractivity contribution in [1.29, 1.82) is 0 Å². The van der Waals surface area contributed by atoms with Gasteiger partial charge in [0, 0.05) is 23.1 Å². The highest BCUT2D eigenvalue weighted by Crippen LogP contribution is 2.35. The number of likely N-dealkylation sites (N-methyl/N-ethyl adjacent to an activating group) is 1. The molecule has 0 spiro atoms. The quantitative estimate of drug-likeness (QED) is 0.354. The molecule has 0 saturated heterocycles. The molecule has 0 aliphatic heterocycles. The zero-order chi connectivity index (χ0) is 27.9. The van der Waals surface area contributed by atoms with Gasteiger partial charge in [0.2, 0.25) is 11.8 Å². The molecule has 1 atom stereocenters. The maximum atomic E-state index is 13.9. The van der Waals surface area contributed by atoms with Crippen molar-refractivity contribution in [3.8, 4) is 5.75 Å². The molecule has 38 heavy (non-hydrogen) atoms. The Labute approximate surface area is 233 Å². The number of methoxy groups -OCH3 is 1. The highest BCUT2D eigenvalue weighted by atomic mass is 35.5. The summed E-state index contributed by atoms with van der Waals surface area (Å²) < 4.78 is 34.0. The van der Waals surface area contributed by atoms with Gasteiger partial charge in [0.25, 0.3) is 10.0 Å². The first-order chi connectivity index (χ1) is 18.1. The van der Waals surface area contributed by atoms with Crippen LogP contribution >= 0.6 is 23.2 Å². The molecular formula is C27H29Cl2N3O5S. The summed E-state index contributed by atoms with van der Waals surface area (Å²) in [6, 6.07) is 18.2. The number of carbonyl (C=O) groups excluding carboxylic acids is 2. The average Bonchev–Trinajstić information content (AvgIpc) is 2.91. The highest BCUT2D eigenvalue weighted by Gasteiger charge is 2.34. The predicted octanol–water partition coefficient (Wildman–Crippen LogP) is 4.75. The number of sulfonamides is 1. The summed E-state index contributed by atoms with van der Waals surface area (Å²) >= 11 is 12.6. The zero-order valence-corrected chi connectivity index (χ0v) is 23.6. The van der Waals surface area contributed by atoms with E-state index in [0.717, 1.165) is 4.31 Å². The zero-order valence-electron chi connectivity index (χ0n) is 21.2. The summed E-state index contributed by atoms with van der Waals surface area (Å²) in [4.78, 5) is 27.9. The van der Waals surface area contributed by atoms with Crippen LogP contribution in [-0.4, -0.2) is 51.4 Å². The summed E-state index contributed by atoms with van der Waals surface area (Å²) in [6.07, 6.45) is 0. The van der Waals surface area contributed by atoms with Gasteiger partial charge in [-0.05, 0) is 55.8 Å². The number of anilines is 1. The topological polar surface area (TPSA) is 96.0 Å². The number of hydrogen-bond acceptors (Lipinski definition) is 5. The van der Waals surface area contributed by atoms with Gasteiger partial charge in [-0.2, -0.15) is 0 Å². The van der Waals surface area contributed by atoms with Crippen LogP contribution in [0.15, 0.2) is 77.7 Å². The lowest BCUT2D eigenvalue weighted by atomic mass is 10.1. The molecule has 0 heterocycles. The maximum absolute atomic E-state index is 13.9. The Bertz CT molecular complexity index is 1390. The Kier molecular flexibility index (Phi) is 10.0. The predicted molar refractivity (Wildman–Crippen MR) is 149 cm³/mol. The van der Waals surface area contributed by atoms with E-state index in [1.807, 2.05) is 0 Å². The summed E-state index contributed by atoms with van der Waals surface area (Å²) in [5.74, 6) is -0.799. The van der Waals surface area contributed by atoms with Crippen molar-refractivity contribution in [2.24, 2.45) is 0 Å². The van der Waals surface area contributed by atoms with Crippen molar-refractivity contribution < 1.29 is 22.7 Å². The molecular weight excluding hydrogens is 549 g/mol. The molecule has 0 unspecified atom stereocenters. The van der Waals surface area contributed by atoms with Gasteiger partial charge in [0.1, 0.15) is 18.3 Å². The molecule has 8 nitrogen and oxygen atoms in total. The fourth-order valence-electron chi connectivity index (χ4n) is 3.81. The van der Waals surface area contributed by atoms with Crippen molar-refractivity contribution in [3.05, 3.63) is 88.4 Å². The third-order valence-corrected chi connectivity index (χ3v) is 8.21. The second kappa shape index (κ2) is 13.0. The molecule has 202 valence electrons. The highest BCUT2D eigenvalue weighted by molar-refractivity contribution is 7.92. The van der Waals surface area contributed by atoms with E-state index in [-0.39, 0.29) is 33.8 Å². The number of amides is 2. The second-order valence-electron chi connectivity index (χ2n) is 8.32. The standard InChI is InChI=1S/C27H29Cl2N3O5S/c1-4-30-27(34)19(2)31(17-20-10-8-9-13-23(20)29)26(33)18-32(24-16-21(28)14-15-25(24)37-3)38(35,36)22-11-6-5-7-12-22/h5-16,19H,4,17-18H2,1-3H3,(H,30,34)/t19-/m0/s1. The normalized spacial score (nSPS) is 11.9. The van der Waals surface area contributed by atoms with E-state index in [2.05, 4.69) is 5.32 Å². The largest absolute Gasteiger partial charge is 0.495 e. The van der Waals surface area contributed by atoms with Gasteiger partial charge in [-0.15, -0.1) is 0 Å². The number of nitrogens with one attached hydrogen (secondary N) is 1. The van der Waals surface area contributed by atoms with Crippen LogP contribution in [0.25, 0.3) is 0 Å². The van der Waals surface area contributed by atoms with Gasteiger partial charge in [-0.1, -0.05) is 59.6 Å². The molecule has 0 saturated carbocycles. The van der Waals surface area contributed by atoms with Gasteiger partial charge in [-0.3, -0.25) is 13.9 Å². The molecule has 1 N–H and O–H groups in total. The van der Waals surface area contributed by atoms with Crippen LogP contribution in [0.2, 0.25) is 10.0 Å². The number of halogens is 2. The molecule has 3 rings (SSSR count). The minimum atomic E-state index is -4.25. The molecule has 0 aliphatic rings. The van der Waals surface area contributed by atoms with Gasteiger partial charge in [0.05, 0.1) is 17.7 Å². The number of ether oxygens (including phenoxy) is 1. The smallest absolute Gasteiger partial charge is 0.264 e. The van der Waals surface area contributed by atoms with Crippen LogP contribution in [0.5, 0.6) is 5.75 Å². The first kappa shape index (κ1) is 29.3. The van der Waals surface area contributed by atoms with Crippen LogP contribution < -0.4 is 14.4 Å². The van der Waals surface area contributed by atoms with Crippen molar-refractivity contribution in [2.75, 3.05) is 24.5 Å². The fourth-order valence-corrected chi connectivity index (χ4v) is 5.61. The Morgan fingerprint density at radius 3 is 2.29 bits per heavy atom. The van der Waals surface area contributed by atoms with E-state index in [0.29, 0.717) is 17.1 Å². The number of carbonyl (C=O) groups is 2. The van der Waals surface area contributed by atoms with Crippen molar-refractivity contribution >= 4 is 50.7 Å². The maximum Gasteiger partial charge on any atom is 0.264 e. The molecule has 3 aromatic rings. The molecule has 0 aliphatic carbocycles. The molecule has 11 heteroatoms. The lowest BCUT2D eigenvalue weighted by molar-refractivity contribution is -0.139. The van der Waals surface area contributed by atoms with E-state index < -0.39 is 28.5 Å². The molecule has 0 bridgehead atoms. The Balaban J connectivity index is 2.10. The third kappa shape index (κ3) is 6.78. The van der Waals surface area contributed by atoms with E-state index >= 15 is 0 Å². The van der Waals surface area contributed by atoms with Crippen LogP contribution in [0.4, 0.5) is 5.69 Å². The van der Waals surface area contributed by atoms with Gasteiger partial charge < -0.3 is 15.0 Å². The van der Waals surface area contributed by atoms with Crippen molar-refractivity contribution in [2.45, 2.75) is 31.3 Å². The van der Waals surface area contributed by atoms with Gasteiger partial charge in [-0.25, -0.2) is 8.42 Å². The number of benzene rings is 3. The average molecular weight is 579 g/mol. The summed E-state index contributed by atoms with van der Waals surface area (Å²) in [5.41, 5.74) is 0.692. The van der Waals surface area contributed by atoms with E-state index in [1.54, 1.807) is 62.4 Å². The van der Waals surface area contributed by atoms with Crippen LogP contribution in [0.3, 0.4) is 0 Å². The fraction of sp³-hybridized carbons (Fsp3) is 0.259. The lowest BCUT2D eigenvalue weighted by Gasteiger charge is -2.32. The van der Waals surface area contributed by atoms with Gasteiger partial charge in [0.15, 0.2) is 0 Å². The number of rotatable bonds is 11. The Hall–Kier alpha value is -3.27. The molecule has 2 amide bonds. The Morgan fingerprint density at radius 2 is 1.66 bits per heavy atom. The van der Waals surface area contributed by atoms with Crippen LogP contribution in [0, 0.1) is 0 Å².